The Morgan fingerprint density at radius 1 is 1.24 bits per heavy atom. The van der Waals surface area contributed by atoms with Crippen molar-refractivity contribution in [2.75, 3.05) is 13.1 Å². The van der Waals surface area contributed by atoms with Gasteiger partial charge in [-0.05, 0) is 44.6 Å². The lowest BCUT2D eigenvalue weighted by Gasteiger charge is -2.32. The van der Waals surface area contributed by atoms with Crippen molar-refractivity contribution in [3.05, 3.63) is 54.1 Å². The highest BCUT2D eigenvalue weighted by Gasteiger charge is 2.26. The molecule has 2 heterocycles. The Morgan fingerprint density at radius 2 is 2.08 bits per heavy atom. The average Bonchev–Trinajstić information content (AvgIpc) is 3.15. The van der Waals surface area contributed by atoms with Gasteiger partial charge in [-0.25, -0.2) is 4.98 Å². The first kappa shape index (κ1) is 17.7. The van der Waals surface area contributed by atoms with E-state index in [1.165, 1.54) is 5.56 Å². The molecule has 1 aromatic heterocycles. The van der Waals surface area contributed by atoms with Crippen LogP contribution in [0.3, 0.4) is 0 Å². The summed E-state index contributed by atoms with van der Waals surface area (Å²) in [6.45, 7) is 4.82. The summed E-state index contributed by atoms with van der Waals surface area (Å²) in [5.74, 6) is 1.84. The number of nitrogens with zero attached hydrogens (tertiary/aromatic N) is 3. The minimum absolute atomic E-state index is 0.312. The molecule has 2 aromatic rings. The molecule has 1 saturated heterocycles. The third-order valence-corrected chi connectivity index (χ3v) is 5.18. The first-order chi connectivity index (χ1) is 12.3. The number of hydrogen-bond donors (Lipinski definition) is 0. The molecule has 1 aliphatic heterocycles. The third-order valence-electron chi connectivity index (χ3n) is 5.18. The molecule has 0 saturated carbocycles. The van der Waals surface area contributed by atoms with E-state index < -0.39 is 0 Å². The fourth-order valence-corrected chi connectivity index (χ4v) is 3.77. The molecule has 0 unspecified atom stereocenters. The van der Waals surface area contributed by atoms with E-state index in [-0.39, 0.29) is 0 Å². The molecule has 1 aromatic carbocycles. The lowest BCUT2D eigenvalue weighted by molar-refractivity contribution is -0.132. The molecular weight excluding hydrogens is 310 g/mol. The van der Waals surface area contributed by atoms with Crippen molar-refractivity contribution >= 4 is 5.91 Å². The van der Waals surface area contributed by atoms with Crippen molar-refractivity contribution in [1.29, 1.82) is 0 Å². The van der Waals surface area contributed by atoms with Gasteiger partial charge in [-0.2, -0.15) is 0 Å². The molecule has 0 spiro atoms. The van der Waals surface area contributed by atoms with Gasteiger partial charge < -0.3 is 9.47 Å². The van der Waals surface area contributed by atoms with Crippen LogP contribution in [0.2, 0.25) is 0 Å². The predicted octanol–water partition coefficient (Wildman–Crippen LogP) is 4.02. The van der Waals surface area contributed by atoms with Crippen LogP contribution in [-0.4, -0.2) is 33.4 Å². The smallest absolute Gasteiger partial charge is 0.222 e. The van der Waals surface area contributed by atoms with Crippen molar-refractivity contribution < 1.29 is 4.79 Å². The van der Waals surface area contributed by atoms with E-state index >= 15 is 0 Å². The zero-order chi connectivity index (χ0) is 17.5. The van der Waals surface area contributed by atoms with Crippen molar-refractivity contribution in [2.45, 2.75) is 57.9 Å². The number of rotatable bonds is 7. The van der Waals surface area contributed by atoms with Crippen molar-refractivity contribution in [3.63, 3.8) is 0 Å². The number of benzene rings is 1. The van der Waals surface area contributed by atoms with E-state index in [1.807, 2.05) is 18.5 Å². The quantitative estimate of drug-likeness (QED) is 0.715. The van der Waals surface area contributed by atoms with Crippen LogP contribution in [0.1, 0.15) is 56.3 Å². The van der Waals surface area contributed by atoms with Gasteiger partial charge >= 0.3 is 0 Å². The standard InChI is InChI=1S/C21H29N3O/c1-2-23-16-14-22-21(23)19-12-8-15-24(17-19)20(25)13-7-6-11-18-9-4-3-5-10-18/h3-5,9-10,14,16,19H,2,6-8,11-13,15,17H2,1H3/t19-/m1/s1. The number of carbonyl (C=O) groups is 1. The SMILES string of the molecule is CCn1ccnc1[C@@H]1CCCN(C(=O)CCCCc2ccccc2)C1. The van der Waals surface area contributed by atoms with E-state index in [1.54, 1.807) is 0 Å². The minimum atomic E-state index is 0.312. The average molecular weight is 339 g/mol. The molecule has 1 amide bonds. The maximum absolute atomic E-state index is 12.6. The topological polar surface area (TPSA) is 38.1 Å². The van der Waals surface area contributed by atoms with Crippen LogP contribution < -0.4 is 0 Å². The van der Waals surface area contributed by atoms with Gasteiger partial charge in [0.05, 0.1) is 0 Å². The van der Waals surface area contributed by atoms with Gasteiger partial charge in [-0.3, -0.25) is 4.79 Å². The number of aryl methyl sites for hydroxylation is 2. The third kappa shape index (κ3) is 4.71. The molecule has 134 valence electrons. The Kier molecular flexibility index (Phi) is 6.26. The first-order valence-electron chi connectivity index (χ1n) is 9.60. The lowest BCUT2D eigenvalue weighted by atomic mass is 9.96. The Bertz CT molecular complexity index is 665. The first-order valence-corrected chi connectivity index (χ1v) is 9.60. The summed E-state index contributed by atoms with van der Waals surface area (Å²) in [7, 11) is 0. The number of amides is 1. The molecule has 3 rings (SSSR count). The van der Waals surface area contributed by atoms with Crippen LogP contribution in [0.4, 0.5) is 0 Å². The maximum Gasteiger partial charge on any atom is 0.222 e. The molecule has 4 heteroatoms. The van der Waals surface area contributed by atoms with Crippen molar-refractivity contribution in [2.24, 2.45) is 0 Å². The van der Waals surface area contributed by atoms with E-state index in [4.69, 9.17) is 0 Å². The summed E-state index contributed by atoms with van der Waals surface area (Å²) in [6.07, 6.45) is 9.91. The van der Waals surface area contributed by atoms with Gasteiger partial charge in [0.2, 0.25) is 5.91 Å². The predicted molar refractivity (Wildman–Crippen MR) is 100 cm³/mol. The van der Waals surface area contributed by atoms with Crippen LogP contribution in [0.5, 0.6) is 0 Å². The van der Waals surface area contributed by atoms with Crippen LogP contribution in [0.25, 0.3) is 0 Å². The van der Waals surface area contributed by atoms with Gasteiger partial charge in [-0.1, -0.05) is 30.3 Å². The summed E-state index contributed by atoms with van der Waals surface area (Å²) in [6, 6.07) is 10.5. The molecule has 1 aliphatic rings. The second-order valence-corrected chi connectivity index (χ2v) is 6.94. The lowest BCUT2D eigenvalue weighted by Crippen LogP contribution is -2.39. The molecular formula is C21H29N3O. The number of unbranched alkanes of at least 4 members (excludes halogenated alkanes) is 1. The van der Waals surface area contributed by atoms with Gasteiger partial charge in [0, 0.05) is 44.4 Å². The number of piperidine rings is 1. The van der Waals surface area contributed by atoms with Gasteiger partial charge in [0.25, 0.3) is 0 Å². The normalized spacial score (nSPS) is 17.6. The minimum Gasteiger partial charge on any atom is -0.342 e. The molecule has 1 atom stereocenters. The fraction of sp³-hybridized carbons (Fsp3) is 0.524. The molecule has 25 heavy (non-hydrogen) atoms. The summed E-state index contributed by atoms with van der Waals surface area (Å²) >= 11 is 0. The van der Waals surface area contributed by atoms with Crippen LogP contribution >= 0.6 is 0 Å². The Morgan fingerprint density at radius 3 is 2.88 bits per heavy atom. The Hall–Kier alpha value is -2.10. The zero-order valence-corrected chi connectivity index (χ0v) is 15.2. The van der Waals surface area contributed by atoms with Gasteiger partial charge in [-0.15, -0.1) is 0 Å². The second kappa shape index (κ2) is 8.84. The van der Waals surface area contributed by atoms with E-state index in [9.17, 15) is 4.79 Å². The summed E-state index contributed by atoms with van der Waals surface area (Å²) in [5.41, 5.74) is 1.36. The number of hydrogen-bond acceptors (Lipinski definition) is 2. The fourth-order valence-electron chi connectivity index (χ4n) is 3.77. The summed E-state index contributed by atoms with van der Waals surface area (Å²) in [5, 5.41) is 0. The Labute approximate surface area is 150 Å². The molecule has 4 nitrogen and oxygen atoms in total. The zero-order valence-electron chi connectivity index (χ0n) is 15.2. The van der Waals surface area contributed by atoms with Crippen LogP contribution in [0, 0.1) is 0 Å². The summed E-state index contributed by atoms with van der Waals surface area (Å²) < 4.78 is 2.21. The molecule has 0 N–H and O–H groups in total. The van der Waals surface area contributed by atoms with E-state index in [2.05, 4.69) is 45.6 Å². The monoisotopic (exact) mass is 339 g/mol. The number of imidazole rings is 1. The van der Waals surface area contributed by atoms with E-state index in [0.29, 0.717) is 18.2 Å². The van der Waals surface area contributed by atoms with Crippen molar-refractivity contribution in [1.82, 2.24) is 14.5 Å². The second-order valence-electron chi connectivity index (χ2n) is 6.94. The molecule has 0 bridgehead atoms. The highest BCUT2D eigenvalue weighted by Crippen LogP contribution is 2.26. The van der Waals surface area contributed by atoms with Gasteiger partial charge in [0.15, 0.2) is 0 Å². The van der Waals surface area contributed by atoms with Crippen molar-refractivity contribution in [3.8, 4) is 0 Å². The van der Waals surface area contributed by atoms with Crippen LogP contribution in [0.15, 0.2) is 42.7 Å². The highest BCUT2D eigenvalue weighted by atomic mass is 16.2. The van der Waals surface area contributed by atoms with Crippen LogP contribution in [-0.2, 0) is 17.8 Å². The Balaban J connectivity index is 1.45. The largest absolute Gasteiger partial charge is 0.342 e. The maximum atomic E-state index is 12.6. The summed E-state index contributed by atoms with van der Waals surface area (Å²) in [4.78, 5) is 19.2. The number of carbonyl (C=O) groups excluding carboxylic acids is 1. The number of aromatic nitrogens is 2. The van der Waals surface area contributed by atoms with E-state index in [0.717, 1.165) is 57.6 Å². The van der Waals surface area contributed by atoms with Gasteiger partial charge in [0.1, 0.15) is 5.82 Å². The highest BCUT2D eigenvalue weighted by molar-refractivity contribution is 5.76. The number of likely N-dealkylation sites (tertiary alicyclic amines) is 1. The molecule has 0 radical (unpaired) electrons. The molecule has 0 aliphatic carbocycles. The molecule has 1 fully saturated rings.